The Morgan fingerprint density at radius 2 is 0.623 bits per heavy atom. The molecule has 0 spiro atoms. The zero-order valence-electron chi connectivity index (χ0n) is 28.9. The van der Waals surface area contributed by atoms with Crippen molar-refractivity contribution in [2.75, 3.05) is 13.2 Å². The first kappa shape index (κ1) is 34.0. The molecule has 7 nitrogen and oxygen atoms in total. The fourth-order valence-electron chi connectivity index (χ4n) is 7.68. The van der Waals surface area contributed by atoms with Crippen LogP contribution in [0.25, 0.3) is 65.3 Å². The molecule has 8 aromatic rings. The van der Waals surface area contributed by atoms with E-state index in [1.165, 1.54) is 0 Å². The summed E-state index contributed by atoms with van der Waals surface area (Å²) in [5, 5.41) is 73.2. The number of ether oxygens (including phenoxy) is 1. The number of rotatable bonds is 10. The van der Waals surface area contributed by atoms with Crippen LogP contribution in [0, 0.1) is 0 Å². The minimum absolute atomic E-state index is 0.0387. The van der Waals surface area contributed by atoms with E-state index < -0.39 is 0 Å². The molecule has 0 heterocycles. The van der Waals surface area contributed by atoms with Gasteiger partial charge in [-0.1, -0.05) is 97.1 Å². The molecular weight excluding hydrogens is 664 g/mol. The van der Waals surface area contributed by atoms with Gasteiger partial charge >= 0.3 is 0 Å². The standard InChI is InChI=1S/C46H38O7/c47-25-33-23-29-11-3-7-15-37(29)41(45(33)51)39-35-13-5-1-9-27(35)21-31(43(39)49)17-19-53-20-18-32-22-28-10-2-6-14-36(28)40(44(32)50)42-38-16-8-4-12-30(38)24-34(26-48)46(42)52/h1-16,21-24,47-52H,17-20,25-26H2. The molecule has 264 valence electrons. The van der Waals surface area contributed by atoms with Crippen molar-refractivity contribution in [2.24, 2.45) is 0 Å². The highest BCUT2D eigenvalue weighted by atomic mass is 16.5. The van der Waals surface area contributed by atoms with Crippen LogP contribution in [0.5, 0.6) is 23.0 Å². The van der Waals surface area contributed by atoms with Gasteiger partial charge in [0, 0.05) is 33.4 Å². The van der Waals surface area contributed by atoms with Gasteiger partial charge in [-0.3, -0.25) is 0 Å². The van der Waals surface area contributed by atoms with Crippen LogP contribution in [0.1, 0.15) is 22.3 Å². The predicted molar refractivity (Wildman–Crippen MR) is 211 cm³/mol. The lowest BCUT2D eigenvalue weighted by Crippen LogP contribution is -2.04. The highest BCUT2D eigenvalue weighted by molar-refractivity contribution is 6.12. The Hall–Kier alpha value is -6.12. The summed E-state index contributed by atoms with van der Waals surface area (Å²) < 4.78 is 6.14. The molecule has 7 heteroatoms. The van der Waals surface area contributed by atoms with E-state index in [4.69, 9.17) is 4.74 Å². The molecule has 53 heavy (non-hydrogen) atoms. The second-order valence-corrected chi connectivity index (χ2v) is 13.4. The Labute approximate surface area is 305 Å². The number of benzene rings is 8. The van der Waals surface area contributed by atoms with Crippen LogP contribution in [-0.4, -0.2) is 43.9 Å². The third-order valence-corrected chi connectivity index (χ3v) is 10.3. The lowest BCUT2D eigenvalue weighted by atomic mass is 9.88. The van der Waals surface area contributed by atoms with E-state index in [1.807, 2.05) is 109 Å². The minimum atomic E-state index is -0.350. The zero-order valence-corrected chi connectivity index (χ0v) is 28.9. The van der Waals surface area contributed by atoms with Gasteiger partial charge in [-0.2, -0.15) is 0 Å². The maximum atomic E-state index is 11.8. The summed E-state index contributed by atoms with van der Waals surface area (Å²) in [4.78, 5) is 0. The van der Waals surface area contributed by atoms with Gasteiger partial charge in [0.15, 0.2) is 0 Å². The number of aliphatic hydroxyl groups excluding tert-OH is 2. The van der Waals surface area contributed by atoms with Crippen LogP contribution in [0.2, 0.25) is 0 Å². The van der Waals surface area contributed by atoms with Gasteiger partial charge in [-0.05, 0) is 91.3 Å². The van der Waals surface area contributed by atoms with E-state index in [0.29, 0.717) is 57.3 Å². The fourth-order valence-corrected chi connectivity index (χ4v) is 7.68. The molecular formula is C46H38O7. The zero-order chi connectivity index (χ0) is 36.6. The quantitative estimate of drug-likeness (QED) is 0.0784. The molecule has 0 aromatic heterocycles. The van der Waals surface area contributed by atoms with Crippen LogP contribution in [0.15, 0.2) is 121 Å². The van der Waals surface area contributed by atoms with Gasteiger partial charge in [0.05, 0.1) is 26.4 Å². The number of phenolic OH excluding ortho intramolecular Hbond substituents is 2. The topological polar surface area (TPSA) is 131 Å². The van der Waals surface area contributed by atoms with Gasteiger partial charge in [0.25, 0.3) is 0 Å². The van der Waals surface area contributed by atoms with E-state index in [-0.39, 0.29) is 49.4 Å². The Kier molecular flexibility index (Phi) is 9.06. The highest BCUT2D eigenvalue weighted by Gasteiger charge is 2.23. The van der Waals surface area contributed by atoms with E-state index in [2.05, 4.69) is 0 Å². The molecule has 0 aliphatic rings. The van der Waals surface area contributed by atoms with Gasteiger partial charge in [-0.15, -0.1) is 0 Å². The number of phenols is 4. The molecule has 0 fully saturated rings. The minimum Gasteiger partial charge on any atom is -0.507 e. The lowest BCUT2D eigenvalue weighted by molar-refractivity contribution is 0.139. The van der Waals surface area contributed by atoms with E-state index in [0.717, 1.165) is 43.1 Å². The van der Waals surface area contributed by atoms with Crippen molar-refractivity contribution in [3.8, 4) is 45.3 Å². The average Bonchev–Trinajstić information content (AvgIpc) is 3.18. The largest absolute Gasteiger partial charge is 0.507 e. The maximum absolute atomic E-state index is 11.8. The first-order valence-corrected chi connectivity index (χ1v) is 17.6. The second-order valence-electron chi connectivity index (χ2n) is 13.4. The summed E-state index contributed by atoms with van der Waals surface area (Å²) in [6, 6.07) is 38.0. The molecule has 0 unspecified atom stereocenters. The number of aromatic hydroxyl groups is 4. The van der Waals surface area contributed by atoms with Crippen LogP contribution in [0.4, 0.5) is 0 Å². The summed E-state index contributed by atoms with van der Waals surface area (Å²) in [6.07, 6.45) is 0.760. The van der Waals surface area contributed by atoms with Gasteiger partial charge in [0.1, 0.15) is 23.0 Å². The molecule has 0 saturated carbocycles. The molecule has 0 saturated heterocycles. The summed E-state index contributed by atoms with van der Waals surface area (Å²) in [7, 11) is 0. The highest BCUT2D eigenvalue weighted by Crippen LogP contribution is 2.49. The van der Waals surface area contributed by atoms with Gasteiger partial charge in [0.2, 0.25) is 0 Å². The molecule has 8 aromatic carbocycles. The molecule has 0 radical (unpaired) electrons. The molecule has 0 atom stereocenters. The molecule has 0 aliphatic heterocycles. The predicted octanol–water partition coefficient (Wildman–Crippen LogP) is 9.24. The summed E-state index contributed by atoms with van der Waals surface area (Å²) >= 11 is 0. The second kappa shape index (κ2) is 14.1. The van der Waals surface area contributed by atoms with Crippen LogP contribution in [-0.2, 0) is 30.8 Å². The van der Waals surface area contributed by atoms with Crippen molar-refractivity contribution in [1.82, 2.24) is 0 Å². The van der Waals surface area contributed by atoms with E-state index >= 15 is 0 Å². The average molecular weight is 703 g/mol. The van der Waals surface area contributed by atoms with Crippen LogP contribution >= 0.6 is 0 Å². The number of aliphatic hydroxyl groups is 2. The van der Waals surface area contributed by atoms with Crippen molar-refractivity contribution in [1.29, 1.82) is 0 Å². The third-order valence-electron chi connectivity index (χ3n) is 10.3. The monoisotopic (exact) mass is 702 g/mol. The SMILES string of the molecule is OCc1cc2ccccc2c(-c2c(O)c(CCOCCc3cc4ccccc4c(-c4c(O)c(CO)cc5ccccc45)c3O)cc3ccccc23)c1O. The van der Waals surface area contributed by atoms with Crippen molar-refractivity contribution in [2.45, 2.75) is 26.1 Å². The van der Waals surface area contributed by atoms with Crippen LogP contribution in [0.3, 0.4) is 0 Å². The number of hydrogen-bond donors (Lipinski definition) is 6. The van der Waals surface area contributed by atoms with E-state index in [1.54, 1.807) is 12.1 Å². The number of fused-ring (bicyclic) bond motifs is 4. The summed E-state index contributed by atoms with van der Waals surface area (Å²) in [5.74, 6) is -0.0633. The Bertz CT molecular complexity index is 2500. The van der Waals surface area contributed by atoms with Crippen molar-refractivity contribution in [3.05, 3.63) is 144 Å². The Morgan fingerprint density at radius 3 is 0.925 bits per heavy atom. The first-order chi connectivity index (χ1) is 25.9. The lowest BCUT2D eigenvalue weighted by Gasteiger charge is -2.19. The molecule has 0 amide bonds. The van der Waals surface area contributed by atoms with Gasteiger partial charge < -0.3 is 35.4 Å². The van der Waals surface area contributed by atoms with Crippen molar-refractivity contribution in [3.63, 3.8) is 0 Å². The summed E-state index contributed by atoms with van der Waals surface area (Å²) in [5.41, 5.74) is 3.98. The Morgan fingerprint density at radius 1 is 0.358 bits per heavy atom. The Balaban J connectivity index is 1.11. The molecule has 8 rings (SSSR count). The van der Waals surface area contributed by atoms with E-state index in [9.17, 15) is 30.6 Å². The molecule has 6 N–H and O–H groups in total. The molecule has 0 aliphatic carbocycles. The van der Waals surface area contributed by atoms with Crippen molar-refractivity contribution >= 4 is 43.1 Å². The van der Waals surface area contributed by atoms with Crippen LogP contribution < -0.4 is 0 Å². The number of hydrogen-bond acceptors (Lipinski definition) is 7. The van der Waals surface area contributed by atoms with Crippen molar-refractivity contribution < 1.29 is 35.4 Å². The molecule has 0 bridgehead atoms. The smallest absolute Gasteiger partial charge is 0.129 e. The third kappa shape index (κ3) is 5.95. The first-order valence-electron chi connectivity index (χ1n) is 17.6. The van der Waals surface area contributed by atoms with Gasteiger partial charge in [-0.25, -0.2) is 0 Å². The summed E-state index contributed by atoms with van der Waals surface area (Å²) in [6.45, 7) is -0.145. The normalized spacial score (nSPS) is 11.7. The maximum Gasteiger partial charge on any atom is 0.129 e. The fraction of sp³-hybridized carbons (Fsp3) is 0.130.